The zero-order chi connectivity index (χ0) is 10.8. The van der Waals surface area contributed by atoms with Crippen LogP contribution in [0.25, 0.3) is 10.9 Å². The molecule has 0 radical (unpaired) electrons. The second-order valence-corrected chi connectivity index (χ2v) is 3.73. The molecule has 0 spiro atoms. The maximum atomic E-state index is 10.1. The van der Waals surface area contributed by atoms with Gasteiger partial charge in [0.2, 0.25) is 0 Å². The van der Waals surface area contributed by atoms with Gasteiger partial charge < -0.3 is 9.72 Å². The summed E-state index contributed by atoms with van der Waals surface area (Å²) in [5.74, 6) is 0. The van der Waals surface area contributed by atoms with E-state index in [9.17, 15) is 4.79 Å². The molecule has 1 aromatic heterocycles. The Balaban J connectivity index is 2.42. The standard InChI is InChI=1S/C12H13NO2/c1-8-3-10-5-11(6-15-7-14)13-12(10)4-9(8)2/h3-5,7,13H,6H2,1-2H3. The van der Waals surface area contributed by atoms with Crippen LogP contribution in [0.5, 0.6) is 0 Å². The number of carbonyl (C=O) groups is 1. The molecule has 0 aliphatic rings. The summed E-state index contributed by atoms with van der Waals surface area (Å²) in [5, 5.41) is 1.16. The Morgan fingerprint density at radius 1 is 1.27 bits per heavy atom. The average molecular weight is 203 g/mol. The normalized spacial score (nSPS) is 10.5. The van der Waals surface area contributed by atoms with Gasteiger partial charge in [-0.2, -0.15) is 0 Å². The second-order valence-electron chi connectivity index (χ2n) is 3.73. The molecular formula is C12H13NO2. The predicted molar refractivity (Wildman–Crippen MR) is 58.6 cm³/mol. The van der Waals surface area contributed by atoms with E-state index < -0.39 is 0 Å². The van der Waals surface area contributed by atoms with Gasteiger partial charge in [-0.1, -0.05) is 0 Å². The van der Waals surface area contributed by atoms with Gasteiger partial charge in [0.05, 0.1) is 5.69 Å². The van der Waals surface area contributed by atoms with Crippen LogP contribution >= 0.6 is 0 Å². The van der Waals surface area contributed by atoms with Gasteiger partial charge in [0, 0.05) is 10.9 Å². The number of aromatic nitrogens is 1. The van der Waals surface area contributed by atoms with E-state index in [0.717, 1.165) is 16.6 Å². The number of benzene rings is 1. The molecule has 0 aliphatic carbocycles. The minimum Gasteiger partial charge on any atom is -0.461 e. The topological polar surface area (TPSA) is 42.1 Å². The fourth-order valence-corrected chi connectivity index (χ4v) is 1.66. The number of rotatable bonds is 3. The largest absolute Gasteiger partial charge is 0.461 e. The third kappa shape index (κ3) is 1.86. The van der Waals surface area contributed by atoms with Gasteiger partial charge in [-0.25, -0.2) is 0 Å². The van der Waals surface area contributed by atoms with Crippen LogP contribution in [0.1, 0.15) is 16.8 Å². The van der Waals surface area contributed by atoms with Gasteiger partial charge in [-0.15, -0.1) is 0 Å². The van der Waals surface area contributed by atoms with Gasteiger partial charge in [-0.05, 0) is 43.2 Å². The number of carbonyl (C=O) groups excluding carboxylic acids is 1. The second kappa shape index (κ2) is 3.77. The quantitative estimate of drug-likeness (QED) is 0.778. The van der Waals surface area contributed by atoms with E-state index in [1.54, 1.807) is 0 Å². The van der Waals surface area contributed by atoms with Crippen molar-refractivity contribution >= 4 is 17.4 Å². The highest BCUT2D eigenvalue weighted by atomic mass is 16.5. The van der Waals surface area contributed by atoms with Crippen molar-refractivity contribution in [1.82, 2.24) is 4.98 Å². The molecule has 2 rings (SSSR count). The van der Waals surface area contributed by atoms with Crippen molar-refractivity contribution < 1.29 is 9.53 Å². The van der Waals surface area contributed by atoms with Crippen molar-refractivity contribution in [1.29, 1.82) is 0 Å². The summed E-state index contributed by atoms with van der Waals surface area (Å²) in [6.45, 7) is 4.93. The summed E-state index contributed by atoms with van der Waals surface area (Å²) in [6, 6.07) is 6.24. The van der Waals surface area contributed by atoms with Crippen LogP contribution in [0.4, 0.5) is 0 Å². The fraction of sp³-hybridized carbons (Fsp3) is 0.250. The zero-order valence-electron chi connectivity index (χ0n) is 8.83. The van der Waals surface area contributed by atoms with Crippen LogP contribution < -0.4 is 0 Å². The molecule has 3 heteroatoms. The lowest BCUT2D eigenvalue weighted by Gasteiger charge is -1.98. The molecular weight excluding hydrogens is 190 g/mol. The third-order valence-corrected chi connectivity index (χ3v) is 2.60. The first-order valence-corrected chi connectivity index (χ1v) is 4.85. The van der Waals surface area contributed by atoms with E-state index in [4.69, 9.17) is 4.74 Å². The highest BCUT2D eigenvalue weighted by Gasteiger charge is 2.02. The molecule has 0 aliphatic heterocycles. The predicted octanol–water partition coefficient (Wildman–Crippen LogP) is 2.46. The minimum absolute atomic E-state index is 0.302. The summed E-state index contributed by atoms with van der Waals surface area (Å²) in [7, 11) is 0. The van der Waals surface area contributed by atoms with Gasteiger partial charge in [0.15, 0.2) is 0 Å². The molecule has 0 atom stereocenters. The highest BCUT2D eigenvalue weighted by Crippen LogP contribution is 2.20. The van der Waals surface area contributed by atoms with Crippen LogP contribution in [0.3, 0.4) is 0 Å². The van der Waals surface area contributed by atoms with Gasteiger partial charge in [-0.3, -0.25) is 4.79 Å². The Morgan fingerprint density at radius 3 is 2.73 bits per heavy atom. The van der Waals surface area contributed by atoms with Crippen molar-refractivity contribution in [2.75, 3.05) is 0 Å². The lowest BCUT2D eigenvalue weighted by molar-refractivity contribution is -0.129. The lowest BCUT2D eigenvalue weighted by Crippen LogP contribution is -1.88. The molecule has 3 nitrogen and oxygen atoms in total. The summed E-state index contributed by atoms with van der Waals surface area (Å²) in [6.07, 6.45) is 0. The van der Waals surface area contributed by atoms with Crippen LogP contribution in [-0.2, 0) is 16.1 Å². The van der Waals surface area contributed by atoms with Crippen LogP contribution in [0.2, 0.25) is 0 Å². The van der Waals surface area contributed by atoms with E-state index in [-0.39, 0.29) is 0 Å². The number of aromatic amines is 1. The highest BCUT2D eigenvalue weighted by molar-refractivity contribution is 5.82. The van der Waals surface area contributed by atoms with Crippen molar-refractivity contribution in [3.05, 3.63) is 35.0 Å². The number of hydrogen-bond donors (Lipinski definition) is 1. The number of nitrogens with one attached hydrogen (secondary N) is 1. The molecule has 0 saturated carbocycles. The summed E-state index contributed by atoms with van der Waals surface area (Å²) < 4.78 is 4.70. The van der Waals surface area contributed by atoms with Crippen LogP contribution in [-0.4, -0.2) is 11.5 Å². The molecule has 0 amide bonds. The lowest BCUT2D eigenvalue weighted by atomic mass is 10.1. The Morgan fingerprint density at radius 2 is 2.00 bits per heavy atom. The van der Waals surface area contributed by atoms with E-state index in [0.29, 0.717) is 13.1 Å². The number of fused-ring (bicyclic) bond motifs is 1. The van der Waals surface area contributed by atoms with Gasteiger partial charge in [0.1, 0.15) is 6.61 Å². The smallest absolute Gasteiger partial charge is 0.293 e. The third-order valence-electron chi connectivity index (χ3n) is 2.60. The molecule has 0 bridgehead atoms. The first-order valence-electron chi connectivity index (χ1n) is 4.85. The maximum Gasteiger partial charge on any atom is 0.293 e. The number of ether oxygens (including phenoxy) is 1. The van der Waals surface area contributed by atoms with Crippen molar-refractivity contribution in [3.8, 4) is 0 Å². The monoisotopic (exact) mass is 203 g/mol. The van der Waals surface area contributed by atoms with Crippen molar-refractivity contribution in [2.24, 2.45) is 0 Å². The fourth-order valence-electron chi connectivity index (χ4n) is 1.66. The van der Waals surface area contributed by atoms with Gasteiger partial charge >= 0.3 is 0 Å². The average Bonchev–Trinajstić information content (AvgIpc) is 2.58. The summed E-state index contributed by atoms with van der Waals surface area (Å²) in [5.41, 5.74) is 4.53. The Bertz CT molecular complexity index is 461. The Kier molecular flexibility index (Phi) is 2.46. The first kappa shape index (κ1) is 9.77. The number of aryl methyl sites for hydroxylation is 2. The summed E-state index contributed by atoms with van der Waals surface area (Å²) >= 11 is 0. The zero-order valence-corrected chi connectivity index (χ0v) is 8.83. The molecule has 0 unspecified atom stereocenters. The van der Waals surface area contributed by atoms with E-state index >= 15 is 0 Å². The van der Waals surface area contributed by atoms with Crippen LogP contribution in [0.15, 0.2) is 18.2 Å². The molecule has 1 aromatic carbocycles. The Labute approximate surface area is 88.1 Å². The Hall–Kier alpha value is -1.77. The number of H-pyrrole nitrogens is 1. The van der Waals surface area contributed by atoms with Crippen molar-refractivity contribution in [3.63, 3.8) is 0 Å². The molecule has 78 valence electrons. The molecule has 15 heavy (non-hydrogen) atoms. The molecule has 0 saturated heterocycles. The number of hydrogen-bond acceptors (Lipinski definition) is 2. The van der Waals surface area contributed by atoms with E-state index in [1.807, 2.05) is 6.07 Å². The molecule has 0 fully saturated rings. The van der Waals surface area contributed by atoms with Crippen molar-refractivity contribution in [2.45, 2.75) is 20.5 Å². The molecule has 1 heterocycles. The molecule has 1 N–H and O–H groups in total. The van der Waals surface area contributed by atoms with E-state index in [2.05, 4.69) is 31.0 Å². The minimum atomic E-state index is 0.302. The first-order chi connectivity index (χ1) is 7.20. The van der Waals surface area contributed by atoms with E-state index in [1.165, 1.54) is 11.1 Å². The van der Waals surface area contributed by atoms with Crippen LogP contribution in [0, 0.1) is 13.8 Å². The maximum absolute atomic E-state index is 10.1. The SMILES string of the molecule is Cc1cc2cc(COC=O)[nH]c2cc1C. The van der Waals surface area contributed by atoms with Gasteiger partial charge in [0.25, 0.3) is 6.47 Å². The summed E-state index contributed by atoms with van der Waals surface area (Å²) in [4.78, 5) is 13.3. The molecule has 2 aromatic rings.